The number of rotatable bonds is 3. The van der Waals surface area contributed by atoms with Crippen LogP contribution in [0.15, 0.2) is 29.2 Å². The Hall–Kier alpha value is 0.0800. The van der Waals surface area contributed by atoms with Crippen LogP contribution in [0, 0.1) is 0 Å². The van der Waals surface area contributed by atoms with Crippen LogP contribution in [0.1, 0.15) is 0 Å². The van der Waals surface area contributed by atoms with Crippen LogP contribution in [0.25, 0.3) is 0 Å². The molecule has 1 unspecified atom stereocenters. The molecule has 0 aliphatic heterocycles. The maximum atomic E-state index is 12.2. The number of halogens is 3. The molecule has 0 N–H and O–H groups in total. The van der Waals surface area contributed by atoms with Crippen LogP contribution in [-0.2, 0) is 0 Å². The van der Waals surface area contributed by atoms with Crippen LogP contribution >= 0.6 is 35.0 Å². The van der Waals surface area contributed by atoms with Crippen molar-refractivity contribution in [1.29, 1.82) is 0 Å². The first-order chi connectivity index (χ1) is 5.68. The highest BCUT2D eigenvalue weighted by Crippen LogP contribution is 2.22. The molecule has 0 aliphatic carbocycles. The first-order valence-electron chi connectivity index (χ1n) is 3.35. The molecule has 0 amide bonds. The third-order valence-corrected chi connectivity index (χ3v) is 2.84. The van der Waals surface area contributed by atoms with Crippen LogP contribution in [0.4, 0.5) is 4.39 Å². The van der Waals surface area contributed by atoms with E-state index in [-0.39, 0.29) is 5.75 Å². The van der Waals surface area contributed by atoms with E-state index in [0.29, 0.717) is 5.02 Å². The molecule has 66 valence electrons. The van der Waals surface area contributed by atoms with Crippen LogP contribution in [0.2, 0.25) is 5.02 Å². The van der Waals surface area contributed by atoms with Crippen molar-refractivity contribution in [3.8, 4) is 0 Å². The molecule has 0 aliphatic rings. The minimum Gasteiger partial charge on any atom is -0.229 e. The Balaban J connectivity index is 2.48. The molecular formula is C8H7Cl2FS. The minimum absolute atomic E-state index is 0.267. The van der Waals surface area contributed by atoms with Crippen molar-refractivity contribution in [2.45, 2.75) is 10.5 Å². The second-order valence-electron chi connectivity index (χ2n) is 2.16. The van der Waals surface area contributed by atoms with E-state index in [0.717, 1.165) is 4.90 Å². The average molecular weight is 225 g/mol. The summed E-state index contributed by atoms with van der Waals surface area (Å²) in [6, 6.07) is 7.22. The molecule has 0 nitrogen and oxygen atoms in total. The predicted molar refractivity (Wildman–Crippen MR) is 52.9 cm³/mol. The second kappa shape index (κ2) is 4.95. The molecule has 1 aromatic carbocycles. The van der Waals surface area contributed by atoms with E-state index >= 15 is 0 Å². The zero-order valence-electron chi connectivity index (χ0n) is 6.14. The molecule has 0 spiro atoms. The first-order valence-corrected chi connectivity index (χ1v) is 5.15. The Morgan fingerprint density at radius 1 is 1.33 bits per heavy atom. The van der Waals surface area contributed by atoms with Crippen LogP contribution < -0.4 is 0 Å². The van der Waals surface area contributed by atoms with E-state index in [2.05, 4.69) is 0 Å². The fourth-order valence-corrected chi connectivity index (χ4v) is 1.65. The van der Waals surface area contributed by atoms with Gasteiger partial charge in [0.2, 0.25) is 0 Å². The van der Waals surface area contributed by atoms with Gasteiger partial charge >= 0.3 is 0 Å². The molecule has 1 rings (SSSR count). The van der Waals surface area contributed by atoms with Crippen LogP contribution in [-0.4, -0.2) is 11.4 Å². The van der Waals surface area contributed by atoms with Crippen molar-refractivity contribution in [3.63, 3.8) is 0 Å². The molecule has 0 heterocycles. The van der Waals surface area contributed by atoms with Gasteiger partial charge in [0.15, 0.2) is 5.63 Å². The summed E-state index contributed by atoms with van der Waals surface area (Å²) in [7, 11) is 0. The van der Waals surface area contributed by atoms with E-state index in [9.17, 15) is 4.39 Å². The average Bonchev–Trinajstić information content (AvgIpc) is 2.03. The molecule has 0 radical (unpaired) electrons. The number of hydrogen-bond donors (Lipinski definition) is 0. The highest BCUT2D eigenvalue weighted by molar-refractivity contribution is 7.99. The molecule has 1 atom stereocenters. The summed E-state index contributed by atoms with van der Waals surface area (Å²) < 4.78 is 12.2. The van der Waals surface area contributed by atoms with E-state index in [1.807, 2.05) is 12.1 Å². The summed E-state index contributed by atoms with van der Waals surface area (Å²) in [5.74, 6) is 0.267. The summed E-state index contributed by atoms with van der Waals surface area (Å²) in [4.78, 5) is 0.975. The van der Waals surface area contributed by atoms with Gasteiger partial charge in [0.1, 0.15) is 0 Å². The van der Waals surface area contributed by atoms with Crippen molar-refractivity contribution in [3.05, 3.63) is 29.3 Å². The second-order valence-corrected chi connectivity index (χ2v) is 4.16. The molecular weight excluding hydrogens is 218 g/mol. The van der Waals surface area contributed by atoms with Crippen molar-refractivity contribution in [1.82, 2.24) is 0 Å². The van der Waals surface area contributed by atoms with Gasteiger partial charge in [-0.05, 0) is 24.3 Å². The Morgan fingerprint density at radius 3 is 2.42 bits per heavy atom. The molecule has 1 aromatic rings. The SMILES string of the molecule is FC(Cl)CSc1ccc(Cl)cc1. The van der Waals surface area contributed by atoms with Gasteiger partial charge in [0, 0.05) is 15.7 Å². The maximum Gasteiger partial charge on any atom is 0.182 e. The molecule has 0 saturated heterocycles. The lowest BCUT2D eigenvalue weighted by molar-refractivity contribution is 0.481. The largest absolute Gasteiger partial charge is 0.229 e. The molecule has 0 aromatic heterocycles. The topological polar surface area (TPSA) is 0 Å². The molecule has 0 saturated carbocycles. The smallest absolute Gasteiger partial charge is 0.182 e. The van der Waals surface area contributed by atoms with Gasteiger partial charge in [-0.15, -0.1) is 11.8 Å². The fraction of sp³-hybridized carbons (Fsp3) is 0.250. The van der Waals surface area contributed by atoms with Crippen molar-refractivity contribution < 1.29 is 4.39 Å². The zero-order chi connectivity index (χ0) is 8.97. The normalized spacial score (nSPS) is 12.9. The van der Waals surface area contributed by atoms with E-state index in [1.165, 1.54) is 11.8 Å². The summed E-state index contributed by atoms with van der Waals surface area (Å²) >= 11 is 12.2. The van der Waals surface area contributed by atoms with E-state index in [4.69, 9.17) is 23.2 Å². The standard InChI is InChI=1S/C8H7Cl2FS/c9-6-1-3-7(4-2-6)12-5-8(10)11/h1-4,8H,5H2. The lowest BCUT2D eigenvalue weighted by Crippen LogP contribution is -1.90. The number of benzene rings is 1. The lowest BCUT2D eigenvalue weighted by Gasteiger charge is -2.00. The van der Waals surface area contributed by atoms with Crippen LogP contribution in [0.3, 0.4) is 0 Å². The van der Waals surface area contributed by atoms with Crippen molar-refractivity contribution in [2.24, 2.45) is 0 Å². The Labute approximate surface area is 85.1 Å². The highest BCUT2D eigenvalue weighted by Gasteiger charge is 2.01. The van der Waals surface area contributed by atoms with Gasteiger partial charge in [-0.1, -0.05) is 23.2 Å². The van der Waals surface area contributed by atoms with Gasteiger partial charge in [0.05, 0.1) is 0 Å². The van der Waals surface area contributed by atoms with E-state index in [1.54, 1.807) is 12.1 Å². The summed E-state index contributed by atoms with van der Waals surface area (Å²) in [5.41, 5.74) is -1.29. The Morgan fingerprint density at radius 2 is 1.92 bits per heavy atom. The van der Waals surface area contributed by atoms with Gasteiger partial charge in [-0.3, -0.25) is 0 Å². The fourth-order valence-electron chi connectivity index (χ4n) is 0.690. The van der Waals surface area contributed by atoms with Gasteiger partial charge in [0.25, 0.3) is 0 Å². The predicted octanol–water partition coefficient (Wildman–Crippen LogP) is 3.97. The van der Waals surface area contributed by atoms with Crippen molar-refractivity contribution >= 4 is 35.0 Å². The summed E-state index contributed by atoms with van der Waals surface area (Å²) in [6.07, 6.45) is 0. The third-order valence-electron chi connectivity index (χ3n) is 1.19. The minimum atomic E-state index is -1.29. The monoisotopic (exact) mass is 224 g/mol. The van der Waals surface area contributed by atoms with E-state index < -0.39 is 5.63 Å². The Kier molecular flexibility index (Phi) is 4.19. The zero-order valence-corrected chi connectivity index (χ0v) is 8.46. The first kappa shape index (κ1) is 10.2. The molecule has 4 heteroatoms. The quantitative estimate of drug-likeness (QED) is 0.554. The van der Waals surface area contributed by atoms with Gasteiger partial charge < -0.3 is 0 Å². The summed E-state index contributed by atoms with van der Waals surface area (Å²) in [5, 5.41) is 0.682. The maximum absolute atomic E-state index is 12.2. The molecule has 12 heavy (non-hydrogen) atoms. The Bertz CT molecular complexity index is 235. The molecule has 0 fully saturated rings. The number of alkyl halides is 2. The van der Waals surface area contributed by atoms with Crippen LogP contribution in [0.5, 0.6) is 0 Å². The molecule has 0 bridgehead atoms. The summed E-state index contributed by atoms with van der Waals surface area (Å²) in [6.45, 7) is 0. The van der Waals surface area contributed by atoms with Crippen molar-refractivity contribution in [2.75, 3.05) is 5.75 Å². The van der Waals surface area contributed by atoms with Gasteiger partial charge in [-0.25, -0.2) is 4.39 Å². The third kappa shape index (κ3) is 3.65. The lowest BCUT2D eigenvalue weighted by atomic mass is 10.4. The number of thioether (sulfide) groups is 1. The van der Waals surface area contributed by atoms with Gasteiger partial charge in [-0.2, -0.15) is 0 Å². The number of hydrogen-bond acceptors (Lipinski definition) is 1. The highest BCUT2D eigenvalue weighted by atomic mass is 35.5.